The maximum Gasteiger partial charge on any atom is 0.270 e. The molecule has 1 aliphatic rings. The number of sulfonamides is 1. The third-order valence-electron chi connectivity index (χ3n) is 5.90. The number of hydrogen-bond donors (Lipinski definition) is 0. The molecule has 11 nitrogen and oxygen atoms in total. The van der Waals surface area contributed by atoms with Gasteiger partial charge in [0, 0.05) is 56.7 Å². The molecular formula is C23H25N5O6S. The van der Waals surface area contributed by atoms with E-state index in [0.29, 0.717) is 11.7 Å². The zero-order chi connectivity index (χ0) is 25.0. The maximum absolute atomic E-state index is 12.9. The summed E-state index contributed by atoms with van der Waals surface area (Å²) < 4.78 is 32.3. The zero-order valence-electron chi connectivity index (χ0n) is 19.2. The molecule has 1 amide bonds. The summed E-state index contributed by atoms with van der Waals surface area (Å²) >= 11 is 0. The summed E-state index contributed by atoms with van der Waals surface area (Å²) in [6.07, 6.45) is 1.38. The summed E-state index contributed by atoms with van der Waals surface area (Å²) in [6.45, 7) is 2.75. The Morgan fingerprint density at radius 1 is 1.11 bits per heavy atom. The second kappa shape index (κ2) is 10.3. The normalized spacial score (nSPS) is 14.7. The topological polar surface area (TPSA) is 140 Å². The van der Waals surface area contributed by atoms with E-state index in [9.17, 15) is 23.3 Å². The molecule has 1 saturated heterocycles. The van der Waals surface area contributed by atoms with E-state index in [-0.39, 0.29) is 55.5 Å². The minimum absolute atomic E-state index is 0.106. The van der Waals surface area contributed by atoms with E-state index in [2.05, 4.69) is 17.1 Å². The largest absolute Gasteiger partial charge is 0.340 e. The number of rotatable bonds is 8. The van der Waals surface area contributed by atoms with Gasteiger partial charge in [-0.3, -0.25) is 14.9 Å². The molecule has 4 rings (SSSR count). The molecule has 35 heavy (non-hydrogen) atoms. The number of nitrogens with zero attached hydrogens (tertiary/aromatic N) is 5. The third kappa shape index (κ3) is 5.54. The lowest BCUT2D eigenvalue weighted by molar-refractivity contribution is -0.385. The number of carbonyl (C=O) groups is 1. The van der Waals surface area contributed by atoms with Crippen LogP contribution in [0.2, 0.25) is 0 Å². The molecule has 3 aromatic rings. The van der Waals surface area contributed by atoms with Crippen molar-refractivity contribution < 1.29 is 22.7 Å². The second-order valence-electron chi connectivity index (χ2n) is 8.10. The molecule has 0 atom stereocenters. The van der Waals surface area contributed by atoms with E-state index >= 15 is 0 Å². The lowest BCUT2D eigenvalue weighted by Crippen LogP contribution is -2.50. The van der Waals surface area contributed by atoms with Gasteiger partial charge in [-0.05, 0) is 18.1 Å². The van der Waals surface area contributed by atoms with Gasteiger partial charge in [-0.25, -0.2) is 8.42 Å². The average Bonchev–Trinajstić information content (AvgIpc) is 3.36. The number of benzene rings is 2. The molecule has 0 aliphatic carbocycles. The van der Waals surface area contributed by atoms with Crippen LogP contribution in [-0.4, -0.2) is 64.8 Å². The van der Waals surface area contributed by atoms with Crippen LogP contribution in [0.3, 0.4) is 0 Å². The second-order valence-corrected chi connectivity index (χ2v) is 10.0. The summed E-state index contributed by atoms with van der Waals surface area (Å²) in [5.41, 5.74) is 1.76. The Morgan fingerprint density at radius 3 is 2.49 bits per heavy atom. The van der Waals surface area contributed by atoms with Gasteiger partial charge < -0.3 is 9.42 Å². The summed E-state index contributed by atoms with van der Waals surface area (Å²) in [5.74, 6) is 0.694. The van der Waals surface area contributed by atoms with Crippen LogP contribution in [0, 0.1) is 10.1 Å². The highest BCUT2D eigenvalue weighted by molar-refractivity contribution is 7.89. The van der Waals surface area contributed by atoms with Gasteiger partial charge in [-0.2, -0.15) is 9.29 Å². The Morgan fingerprint density at radius 2 is 1.83 bits per heavy atom. The fraction of sp³-hybridized carbons (Fsp3) is 0.348. The molecule has 2 heterocycles. The Kier molecular flexibility index (Phi) is 7.22. The number of nitro benzene ring substituents is 1. The van der Waals surface area contributed by atoms with E-state index in [0.717, 1.165) is 18.1 Å². The molecule has 1 aromatic heterocycles. The Labute approximate surface area is 202 Å². The van der Waals surface area contributed by atoms with E-state index in [1.807, 2.05) is 24.3 Å². The Balaban J connectivity index is 1.30. The lowest BCUT2D eigenvalue weighted by Gasteiger charge is -2.34. The van der Waals surface area contributed by atoms with Gasteiger partial charge in [0.2, 0.25) is 27.6 Å². The standard InChI is InChI=1S/C23H25N5O6S/c1-2-17-6-8-18(9-7-17)23-24-21(34-25-23)10-11-22(29)26-12-14-27(15-13-26)35(32,33)20-5-3-4-19(16-20)28(30)31/h3-9,16H,2,10-15H2,1H3. The van der Waals surface area contributed by atoms with Gasteiger partial charge in [0.15, 0.2) is 0 Å². The van der Waals surface area contributed by atoms with Crippen molar-refractivity contribution in [3.05, 3.63) is 70.1 Å². The first kappa shape index (κ1) is 24.5. The van der Waals surface area contributed by atoms with E-state index in [4.69, 9.17) is 4.52 Å². The number of non-ortho nitro benzene ring substituents is 1. The predicted octanol–water partition coefficient (Wildman–Crippen LogP) is 2.67. The Hall–Kier alpha value is -3.64. The first-order valence-electron chi connectivity index (χ1n) is 11.2. The molecule has 0 saturated carbocycles. The van der Waals surface area contributed by atoms with Crippen LogP contribution in [0.4, 0.5) is 5.69 Å². The van der Waals surface area contributed by atoms with Gasteiger partial charge in [-0.15, -0.1) is 0 Å². The molecule has 184 valence electrons. The van der Waals surface area contributed by atoms with Crippen molar-refractivity contribution in [3.63, 3.8) is 0 Å². The number of piperazine rings is 1. The number of carbonyl (C=O) groups excluding carboxylic acids is 1. The molecule has 1 aliphatic heterocycles. The van der Waals surface area contributed by atoms with Crippen LogP contribution in [0.1, 0.15) is 24.8 Å². The van der Waals surface area contributed by atoms with E-state index in [1.165, 1.54) is 28.1 Å². The summed E-state index contributed by atoms with van der Waals surface area (Å²) in [7, 11) is -3.89. The van der Waals surface area contributed by atoms with Gasteiger partial charge >= 0.3 is 0 Å². The van der Waals surface area contributed by atoms with Gasteiger partial charge in [0.25, 0.3) is 5.69 Å². The van der Waals surface area contributed by atoms with Crippen molar-refractivity contribution in [2.75, 3.05) is 26.2 Å². The number of aromatic nitrogens is 2. The fourth-order valence-corrected chi connectivity index (χ4v) is 5.28. The number of hydrogen-bond acceptors (Lipinski definition) is 8. The van der Waals surface area contributed by atoms with Crippen LogP contribution in [-0.2, 0) is 27.7 Å². The van der Waals surface area contributed by atoms with Crippen molar-refractivity contribution in [3.8, 4) is 11.4 Å². The molecule has 0 N–H and O–H groups in total. The number of amides is 1. The SMILES string of the molecule is CCc1ccc(-c2noc(CCC(=O)N3CCN(S(=O)(=O)c4cccc([N+](=O)[O-])c4)CC3)n2)cc1. The number of nitro groups is 1. The zero-order valence-corrected chi connectivity index (χ0v) is 20.0. The summed E-state index contributed by atoms with van der Waals surface area (Å²) in [4.78, 5) is 28.8. The highest BCUT2D eigenvalue weighted by Gasteiger charge is 2.31. The van der Waals surface area contributed by atoms with Crippen LogP contribution in [0.5, 0.6) is 0 Å². The van der Waals surface area contributed by atoms with Crippen molar-refractivity contribution in [1.29, 1.82) is 0 Å². The quantitative estimate of drug-likeness (QED) is 0.340. The smallest absolute Gasteiger partial charge is 0.270 e. The molecule has 0 bridgehead atoms. The van der Waals surface area contributed by atoms with E-state index in [1.54, 1.807) is 4.90 Å². The van der Waals surface area contributed by atoms with Crippen LogP contribution in [0.15, 0.2) is 57.9 Å². The van der Waals surface area contributed by atoms with Crippen molar-refractivity contribution in [2.45, 2.75) is 31.1 Å². The fourth-order valence-electron chi connectivity index (χ4n) is 3.82. The van der Waals surface area contributed by atoms with Gasteiger partial charge in [0.05, 0.1) is 9.82 Å². The Bertz CT molecular complexity index is 1310. The van der Waals surface area contributed by atoms with E-state index < -0.39 is 14.9 Å². The van der Waals surface area contributed by atoms with Crippen molar-refractivity contribution in [1.82, 2.24) is 19.3 Å². The third-order valence-corrected chi connectivity index (χ3v) is 7.79. The minimum atomic E-state index is -3.89. The van der Waals surface area contributed by atoms with Crippen LogP contribution in [0.25, 0.3) is 11.4 Å². The summed E-state index contributed by atoms with van der Waals surface area (Å²) in [5, 5.41) is 15.0. The maximum atomic E-state index is 12.9. The monoisotopic (exact) mass is 499 g/mol. The molecule has 0 unspecified atom stereocenters. The van der Waals surface area contributed by atoms with Crippen LogP contribution >= 0.6 is 0 Å². The lowest BCUT2D eigenvalue weighted by atomic mass is 10.1. The van der Waals surface area contributed by atoms with Crippen molar-refractivity contribution in [2.24, 2.45) is 0 Å². The molecule has 0 radical (unpaired) electrons. The highest BCUT2D eigenvalue weighted by atomic mass is 32.2. The number of aryl methyl sites for hydroxylation is 2. The first-order valence-corrected chi connectivity index (χ1v) is 12.7. The predicted molar refractivity (Wildman–Crippen MR) is 126 cm³/mol. The van der Waals surface area contributed by atoms with Gasteiger partial charge in [0.1, 0.15) is 0 Å². The van der Waals surface area contributed by atoms with Crippen LogP contribution < -0.4 is 0 Å². The molecule has 1 fully saturated rings. The van der Waals surface area contributed by atoms with Gasteiger partial charge in [-0.1, -0.05) is 42.4 Å². The highest BCUT2D eigenvalue weighted by Crippen LogP contribution is 2.22. The van der Waals surface area contributed by atoms with Crippen molar-refractivity contribution >= 4 is 21.6 Å². The molecule has 0 spiro atoms. The molecule has 12 heteroatoms. The first-order chi connectivity index (χ1) is 16.8. The summed E-state index contributed by atoms with van der Waals surface area (Å²) in [6, 6.07) is 12.8. The average molecular weight is 500 g/mol. The molecular weight excluding hydrogens is 474 g/mol. The minimum Gasteiger partial charge on any atom is -0.340 e. The molecule has 2 aromatic carbocycles.